The summed E-state index contributed by atoms with van der Waals surface area (Å²) < 4.78 is 62.5. The summed E-state index contributed by atoms with van der Waals surface area (Å²) >= 11 is 0. The smallest absolute Gasteiger partial charge is 0.412 e. The molecule has 0 aromatic heterocycles. The average Bonchev–Trinajstić information content (AvgIpc) is 2.43. The largest absolute Gasteiger partial charge is 0.444 e. The van der Waals surface area contributed by atoms with Gasteiger partial charge in [-0.15, -0.1) is 0 Å². The number of benzene rings is 1. The SMILES string of the molecule is C=S(C)(=O)OCCC(C)(c1ccc(NC(=O)OC(C)(C)C)cc1)C(F)(F)F. The fourth-order valence-corrected chi connectivity index (χ4v) is 2.65. The summed E-state index contributed by atoms with van der Waals surface area (Å²) in [5.41, 5.74) is -2.59. The molecule has 0 fully saturated rings. The number of halogens is 3. The Bertz CT molecular complexity index is 752. The lowest BCUT2D eigenvalue weighted by atomic mass is 9.79. The van der Waals surface area contributed by atoms with E-state index in [1.807, 2.05) is 0 Å². The first-order chi connectivity index (χ1) is 12.0. The van der Waals surface area contributed by atoms with Crippen LogP contribution in [0.15, 0.2) is 24.3 Å². The van der Waals surface area contributed by atoms with Crippen molar-refractivity contribution in [2.45, 2.75) is 51.3 Å². The summed E-state index contributed by atoms with van der Waals surface area (Å²) in [5.74, 6) is 3.26. The number of anilines is 1. The third-order valence-electron chi connectivity index (χ3n) is 3.73. The van der Waals surface area contributed by atoms with Crippen LogP contribution in [-0.2, 0) is 24.1 Å². The molecule has 27 heavy (non-hydrogen) atoms. The van der Waals surface area contributed by atoms with Crippen molar-refractivity contribution < 1.29 is 31.1 Å². The van der Waals surface area contributed by atoms with Crippen LogP contribution in [0.1, 0.15) is 39.7 Å². The van der Waals surface area contributed by atoms with Gasteiger partial charge in [-0.05, 0) is 57.7 Å². The van der Waals surface area contributed by atoms with Crippen molar-refractivity contribution in [3.8, 4) is 0 Å². The summed E-state index contributed by atoms with van der Waals surface area (Å²) in [6, 6.07) is 5.31. The summed E-state index contributed by atoms with van der Waals surface area (Å²) in [7, 11) is -2.84. The molecule has 0 aliphatic rings. The van der Waals surface area contributed by atoms with Gasteiger partial charge in [-0.1, -0.05) is 12.1 Å². The molecule has 154 valence electrons. The molecule has 0 heterocycles. The number of hydrogen-bond donors (Lipinski definition) is 1. The van der Waals surface area contributed by atoms with Gasteiger partial charge in [0.1, 0.15) is 5.60 Å². The molecule has 1 aromatic carbocycles. The Labute approximate surface area is 158 Å². The van der Waals surface area contributed by atoms with E-state index in [0.29, 0.717) is 5.69 Å². The quantitative estimate of drug-likeness (QED) is 0.702. The molecule has 0 saturated heterocycles. The molecule has 1 aromatic rings. The number of carbonyl (C=O) groups excluding carboxylic acids is 1. The first-order valence-electron chi connectivity index (χ1n) is 8.17. The molecule has 0 aliphatic heterocycles. The lowest BCUT2D eigenvalue weighted by molar-refractivity contribution is -0.189. The van der Waals surface area contributed by atoms with Crippen LogP contribution < -0.4 is 5.32 Å². The topological polar surface area (TPSA) is 64.6 Å². The van der Waals surface area contributed by atoms with Gasteiger partial charge < -0.3 is 4.74 Å². The molecule has 1 amide bonds. The molecule has 0 spiro atoms. The van der Waals surface area contributed by atoms with E-state index in [4.69, 9.17) is 8.92 Å². The zero-order valence-electron chi connectivity index (χ0n) is 16.1. The summed E-state index contributed by atoms with van der Waals surface area (Å²) in [6.45, 7) is 5.80. The molecule has 0 bridgehead atoms. The Morgan fingerprint density at radius 2 is 1.67 bits per heavy atom. The van der Waals surface area contributed by atoms with Gasteiger partial charge >= 0.3 is 12.3 Å². The van der Waals surface area contributed by atoms with Crippen molar-refractivity contribution >= 4 is 27.5 Å². The van der Waals surface area contributed by atoms with Gasteiger partial charge in [0.2, 0.25) is 0 Å². The van der Waals surface area contributed by atoms with Crippen molar-refractivity contribution in [3.05, 3.63) is 29.8 Å². The highest BCUT2D eigenvalue weighted by Crippen LogP contribution is 2.43. The lowest BCUT2D eigenvalue weighted by Gasteiger charge is -2.32. The van der Waals surface area contributed by atoms with E-state index < -0.39 is 39.5 Å². The predicted molar refractivity (Wildman–Crippen MR) is 101 cm³/mol. The second-order valence-electron chi connectivity index (χ2n) is 7.53. The summed E-state index contributed by atoms with van der Waals surface area (Å²) in [5, 5.41) is 2.47. The highest BCUT2D eigenvalue weighted by Gasteiger charge is 2.51. The fraction of sp³-hybridized carbons (Fsp3) is 0.556. The van der Waals surface area contributed by atoms with Crippen molar-refractivity contribution in [1.29, 1.82) is 0 Å². The Morgan fingerprint density at radius 3 is 2.07 bits per heavy atom. The maximum Gasteiger partial charge on any atom is 0.412 e. The first-order valence-corrected chi connectivity index (χ1v) is 10.2. The number of rotatable bonds is 6. The number of amides is 1. The zero-order valence-corrected chi connectivity index (χ0v) is 16.9. The van der Waals surface area contributed by atoms with Crippen LogP contribution in [0.3, 0.4) is 0 Å². The molecule has 2 atom stereocenters. The van der Waals surface area contributed by atoms with Gasteiger partial charge in [0.15, 0.2) is 0 Å². The van der Waals surface area contributed by atoms with E-state index >= 15 is 0 Å². The van der Waals surface area contributed by atoms with Crippen molar-refractivity contribution in [1.82, 2.24) is 0 Å². The number of alkyl halides is 3. The molecular formula is C18H26F3NO4S. The summed E-state index contributed by atoms with van der Waals surface area (Å²) in [6.07, 6.45) is -4.45. The van der Waals surface area contributed by atoms with E-state index in [1.165, 1.54) is 30.5 Å². The van der Waals surface area contributed by atoms with Crippen LogP contribution in [-0.4, -0.2) is 40.8 Å². The highest BCUT2D eigenvalue weighted by molar-refractivity contribution is 7.95. The molecule has 5 nitrogen and oxygen atoms in total. The fourth-order valence-electron chi connectivity index (χ4n) is 2.21. The number of hydrogen-bond acceptors (Lipinski definition) is 4. The molecule has 0 aliphatic carbocycles. The van der Waals surface area contributed by atoms with E-state index in [0.717, 1.165) is 6.92 Å². The number of carbonyl (C=O) groups is 1. The predicted octanol–water partition coefficient (Wildman–Crippen LogP) is 4.52. The second kappa shape index (κ2) is 8.10. The minimum Gasteiger partial charge on any atom is -0.444 e. The monoisotopic (exact) mass is 409 g/mol. The molecule has 1 N–H and O–H groups in total. The van der Waals surface area contributed by atoms with Crippen LogP contribution in [0.2, 0.25) is 0 Å². The van der Waals surface area contributed by atoms with Crippen LogP contribution in [0, 0.1) is 0 Å². The van der Waals surface area contributed by atoms with Crippen molar-refractivity contribution in [3.63, 3.8) is 0 Å². The lowest BCUT2D eigenvalue weighted by Crippen LogP contribution is -2.40. The van der Waals surface area contributed by atoms with Gasteiger partial charge in [-0.3, -0.25) is 9.50 Å². The van der Waals surface area contributed by atoms with E-state index in [2.05, 4.69) is 11.2 Å². The Kier molecular flexibility index (Phi) is 6.99. The average molecular weight is 409 g/mol. The maximum absolute atomic E-state index is 13.7. The Morgan fingerprint density at radius 1 is 1.15 bits per heavy atom. The minimum absolute atomic E-state index is 0.00000280. The maximum atomic E-state index is 13.7. The van der Waals surface area contributed by atoms with Gasteiger partial charge in [-0.2, -0.15) is 13.2 Å². The molecule has 9 heteroatoms. The normalized spacial score (nSPS) is 16.9. The Hall–Kier alpha value is -1.74. The molecule has 0 saturated carbocycles. The third-order valence-corrected chi connectivity index (χ3v) is 4.39. The van der Waals surface area contributed by atoms with Crippen LogP contribution >= 0.6 is 0 Å². The van der Waals surface area contributed by atoms with E-state index in [9.17, 15) is 22.2 Å². The van der Waals surface area contributed by atoms with E-state index in [1.54, 1.807) is 20.8 Å². The Balaban J connectivity index is 2.97. The van der Waals surface area contributed by atoms with Gasteiger partial charge in [-0.25, -0.2) is 9.00 Å². The standard InChI is InChI=1S/C18H26F3NO4S/c1-16(2,3)26-15(23)22-14-9-7-13(8-10-14)17(4,18(19,20)21)11-12-25-27(5,6)24/h7-10H,5,11-12H2,1-4,6H3,(H,22,23). The van der Waals surface area contributed by atoms with E-state index in [-0.39, 0.29) is 12.2 Å². The van der Waals surface area contributed by atoms with Crippen LogP contribution in [0.4, 0.5) is 23.7 Å². The molecule has 0 radical (unpaired) electrons. The first kappa shape index (κ1) is 23.3. The molecular weight excluding hydrogens is 383 g/mol. The van der Waals surface area contributed by atoms with Crippen LogP contribution in [0.25, 0.3) is 0 Å². The summed E-state index contributed by atoms with van der Waals surface area (Å²) in [4.78, 5) is 11.7. The van der Waals surface area contributed by atoms with Crippen molar-refractivity contribution in [2.24, 2.45) is 0 Å². The minimum atomic E-state index is -4.55. The number of nitrogens with one attached hydrogen (secondary N) is 1. The zero-order chi connectivity index (χ0) is 21.1. The van der Waals surface area contributed by atoms with Gasteiger partial charge in [0.05, 0.1) is 21.8 Å². The number of ether oxygens (including phenoxy) is 1. The third kappa shape index (κ3) is 7.42. The van der Waals surface area contributed by atoms with Crippen LogP contribution in [0.5, 0.6) is 0 Å². The second-order valence-corrected chi connectivity index (χ2v) is 9.62. The molecule has 2 unspecified atom stereocenters. The van der Waals surface area contributed by atoms with Crippen molar-refractivity contribution in [2.75, 3.05) is 18.2 Å². The highest BCUT2D eigenvalue weighted by atomic mass is 32.2. The van der Waals surface area contributed by atoms with Gasteiger partial charge in [0, 0.05) is 11.9 Å². The van der Waals surface area contributed by atoms with Gasteiger partial charge in [0.25, 0.3) is 0 Å². The molecule has 1 rings (SSSR count).